The zero-order valence-corrected chi connectivity index (χ0v) is 15.3. The van der Waals surface area contributed by atoms with Gasteiger partial charge in [0.05, 0.1) is 33.8 Å². The third kappa shape index (κ3) is 4.56. The van der Waals surface area contributed by atoms with Crippen molar-refractivity contribution >= 4 is 44.8 Å². The molecule has 23 heavy (non-hydrogen) atoms. The number of ether oxygens (including phenoxy) is 2. The van der Waals surface area contributed by atoms with Crippen molar-refractivity contribution in [1.82, 2.24) is 0 Å². The van der Waals surface area contributed by atoms with Gasteiger partial charge < -0.3 is 14.8 Å². The second-order valence-electron chi connectivity index (χ2n) is 4.96. The van der Waals surface area contributed by atoms with Crippen LogP contribution in [0.25, 0.3) is 0 Å². The first-order chi connectivity index (χ1) is 10.9. The van der Waals surface area contributed by atoms with E-state index in [0.717, 1.165) is 3.79 Å². The van der Waals surface area contributed by atoms with Gasteiger partial charge in [0.25, 0.3) is 5.91 Å². The summed E-state index contributed by atoms with van der Waals surface area (Å²) in [5.41, 5.74) is 1.29. The van der Waals surface area contributed by atoms with Gasteiger partial charge in [-0.25, -0.2) is 4.79 Å². The molecule has 1 aromatic carbocycles. The molecular weight excluding hydrogens is 382 g/mol. The maximum Gasteiger partial charge on any atom is 0.337 e. The topological polar surface area (TPSA) is 64.6 Å². The fourth-order valence-electron chi connectivity index (χ4n) is 1.85. The van der Waals surface area contributed by atoms with Crippen LogP contribution in [0.15, 0.2) is 33.4 Å². The van der Waals surface area contributed by atoms with Gasteiger partial charge in [-0.3, -0.25) is 4.79 Å². The molecule has 0 unspecified atom stereocenters. The molecule has 0 fully saturated rings. The average Bonchev–Trinajstić information content (AvgIpc) is 2.94. The van der Waals surface area contributed by atoms with Crippen molar-refractivity contribution in [1.29, 1.82) is 0 Å². The highest BCUT2D eigenvalue weighted by atomic mass is 79.9. The summed E-state index contributed by atoms with van der Waals surface area (Å²) in [6.07, 6.45) is -0.0649. The van der Waals surface area contributed by atoms with E-state index < -0.39 is 5.97 Å². The lowest BCUT2D eigenvalue weighted by atomic mass is 10.1. The molecule has 0 bridgehead atoms. The molecule has 0 saturated carbocycles. The quantitative estimate of drug-likeness (QED) is 0.762. The number of nitrogens with one attached hydrogen (secondary N) is 1. The van der Waals surface area contributed by atoms with Crippen LogP contribution in [-0.4, -0.2) is 25.1 Å². The minimum atomic E-state index is -0.477. The molecule has 2 aromatic rings. The van der Waals surface area contributed by atoms with E-state index in [4.69, 9.17) is 9.47 Å². The molecule has 1 aromatic heterocycles. The Labute approximate surface area is 146 Å². The van der Waals surface area contributed by atoms with E-state index in [1.165, 1.54) is 18.4 Å². The Kier molecular flexibility index (Phi) is 5.79. The molecule has 0 aliphatic carbocycles. The highest BCUT2D eigenvalue weighted by Gasteiger charge is 2.15. The number of methoxy groups -OCH3 is 1. The van der Waals surface area contributed by atoms with Gasteiger partial charge >= 0.3 is 5.97 Å². The fraction of sp³-hybridized carbons (Fsp3) is 0.250. The molecule has 0 spiro atoms. The molecule has 1 amide bonds. The SMILES string of the molecule is COC(=O)c1ccc(OC(C)C)c(NC(=O)c2csc(Br)c2)c1. The molecule has 0 aliphatic heterocycles. The van der Waals surface area contributed by atoms with Gasteiger partial charge in [-0.15, -0.1) is 11.3 Å². The lowest BCUT2D eigenvalue weighted by Crippen LogP contribution is -2.15. The van der Waals surface area contributed by atoms with Crippen LogP contribution < -0.4 is 10.1 Å². The number of hydrogen-bond acceptors (Lipinski definition) is 5. The molecular formula is C16H16BrNO4S. The summed E-state index contributed by atoms with van der Waals surface area (Å²) in [5.74, 6) is -0.257. The Morgan fingerprint density at radius 2 is 1.96 bits per heavy atom. The van der Waals surface area contributed by atoms with Crippen molar-refractivity contribution in [3.05, 3.63) is 44.6 Å². The van der Waals surface area contributed by atoms with E-state index in [0.29, 0.717) is 22.6 Å². The molecule has 1 N–H and O–H groups in total. The van der Waals surface area contributed by atoms with Gasteiger partial charge in [-0.1, -0.05) is 0 Å². The smallest absolute Gasteiger partial charge is 0.337 e. The van der Waals surface area contributed by atoms with E-state index in [2.05, 4.69) is 21.2 Å². The van der Waals surface area contributed by atoms with Crippen molar-refractivity contribution in [3.8, 4) is 5.75 Å². The number of thiophene rings is 1. The number of carbonyl (C=O) groups excluding carboxylic acids is 2. The second-order valence-corrected chi connectivity index (χ2v) is 7.25. The van der Waals surface area contributed by atoms with Crippen molar-refractivity contribution in [3.63, 3.8) is 0 Å². The first-order valence-electron chi connectivity index (χ1n) is 6.85. The number of hydrogen-bond donors (Lipinski definition) is 1. The van der Waals surface area contributed by atoms with Crippen LogP contribution >= 0.6 is 27.3 Å². The molecule has 0 atom stereocenters. The van der Waals surface area contributed by atoms with Crippen LogP contribution in [0.1, 0.15) is 34.6 Å². The molecule has 0 saturated heterocycles. The summed E-state index contributed by atoms with van der Waals surface area (Å²) in [5, 5.41) is 4.52. The first kappa shape index (κ1) is 17.5. The Morgan fingerprint density at radius 3 is 2.52 bits per heavy atom. The van der Waals surface area contributed by atoms with Gasteiger partial charge in [-0.2, -0.15) is 0 Å². The number of esters is 1. The Bertz CT molecular complexity index is 727. The van der Waals surface area contributed by atoms with E-state index >= 15 is 0 Å². The largest absolute Gasteiger partial charge is 0.489 e. The summed E-state index contributed by atoms with van der Waals surface area (Å²) < 4.78 is 11.3. The van der Waals surface area contributed by atoms with E-state index in [-0.39, 0.29) is 12.0 Å². The molecule has 1 heterocycles. The highest BCUT2D eigenvalue weighted by molar-refractivity contribution is 9.11. The first-order valence-corrected chi connectivity index (χ1v) is 8.52. The van der Waals surface area contributed by atoms with Gasteiger partial charge in [0.15, 0.2) is 0 Å². The number of amides is 1. The van der Waals surface area contributed by atoms with Crippen LogP contribution in [0, 0.1) is 0 Å². The standard InChI is InChI=1S/C16H16BrNO4S/c1-9(2)22-13-5-4-10(16(20)21-3)6-12(13)18-15(19)11-7-14(17)23-8-11/h4-9H,1-3H3,(H,18,19). The second kappa shape index (κ2) is 7.61. The lowest BCUT2D eigenvalue weighted by Gasteiger charge is -2.15. The fourth-order valence-corrected chi connectivity index (χ4v) is 2.99. The Balaban J connectivity index is 2.32. The third-order valence-corrected chi connectivity index (χ3v) is 4.35. The number of halogens is 1. The Hall–Kier alpha value is -1.86. The maximum absolute atomic E-state index is 12.3. The predicted octanol–water partition coefficient (Wildman–Crippen LogP) is 4.34. The predicted molar refractivity (Wildman–Crippen MR) is 93.5 cm³/mol. The number of carbonyl (C=O) groups is 2. The minimum Gasteiger partial charge on any atom is -0.489 e. The van der Waals surface area contributed by atoms with Gasteiger partial charge in [0.1, 0.15) is 5.75 Å². The normalized spacial score (nSPS) is 10.5. The number of anilines is 1. The van der Waals surface area contributed by atoms with Crippen molar-refractivity contribution in [2.45, 2.75) is 20.0 Å². The zero-order valence-electron chi connectivity index (χ0n) is 12.9. The van der Waals surface area contributed by atoms with Crippen molar-refractivity contribution in [2.24, 2.45) is 0 Å². The summed E-state index contributed by atoms with van der Waals surface area (Å²) in [6.45, 7) is 3.77. The third-order valence-electron chi connectivity index (χ3n) is 2.84. The lowest BCUT2D eigenvalue weighted by molar-refractivity contribution is 0.0600. The van der Waals surface area contributed by atoms with E-state index in [1.54, 1.807) is 29.6 Å². The highest BCUT2D eigenvalue weighted by Crippen LogP contribution is 2.29. The van der Waals surface area contributed by atoms with E-state index in [1.807, 2.05) is 13.8 Å². The average molecular weight is 398 g/mol. The van der Waals surface area contributed by atoms with Crippen molar-refractivity contribution < 1.29 is 19.1 Å². The number of rotatable bonds is 5. The molecule has 0 aliphatic rings. The molecule has 5 nitrogen and oxygen atoms in total. The van der Waals surface area contributed by atoms with Crippen LogP contribution in [0.3, 0.4) is 0 Å². The summed E-state index contributed by atoms with van der Waals surface area (Å²) in [4.78, 5) is 24.0. The van der Waals surface area contributed by atoms with E-state index in [9.17, 15) is 9.59 Å². The van der Waals surface area contributed by atoms with Crippen molar-refractivity contribution in [2.75, 3.05) is 12.4 Å². The van der Waals surface area contributed by atoms with Crippen LogP contribution in [0.4, 0.5) is 5.69 Å². The summed E-state index contributed by atoms with van der Waals surface area (Å²) in [7, 11) is 1.31. The monoisotopic (exact) mass is 397 g/mol. The van der Waals surface area contributed by atoms with Crippen LogP contribution in [-0.2, 0) is 4.74 Å². The van der Waals surface area contributed by atoms with Gasteiger partial charge in [-0.05, 0) is 54.0 Å². The van der Waals surface area contributed by atoms with Gasteiger partial charge in [0, 0.05) is 5.38 Å². The molecule has 2 rings (SSSR count). The summed E-state index contributed by atoms with van der Waals surface area (Å²) >= 11 is 4.75. The number of benzene rings is 1. The zero-order chi connectivity index (χ0) is 17.0. The van der Waals surface area contributed by atoms with Crippen LogP contribution in [0.5, 0.6) is 5.75 Å². The molecule has 0 radical (unpaired) electrons. The molecule has 122 valence electrons. The minimum absolute atomic E-state index is 0.0649. The summed E-state index contributed by atoms with van der Waals surface area (Å²) in [6, 6.07) is 6.52. The maximum atomic E-state index is 12.3. The Morgan fingerprint density at radius 1 is 1.22 bits per heavy atom. The van der Waals surface area contributed by atoms with Crippen LogP contribution in [0.2, 0.25) is 0 Å². The van der Waals surface area contributed by atoms with Gasteiger partial charge in [0.2, 0.25) is 0 Å². The molecule has 7 heteroatoms.